The topological polar surface area (TPSA) is 159 Å². The first kappa shape index (κ1) is 20.9. The number of carbonyl (C=O) groups is 2. The van der Waals surface area contributed by atoms with E-state index in [1.165, 1.54) is 0 Å². The predicted octanol–water partition coefficient (Wildman–Crippen LogP) is -0.855. The second-order valence-corrected chi connectivity index (χ2v) is 6.53. The van der Waals surface area contributed by atoms with Gasteiger partial charge in [0.25, 0.3) is 5.91 Å². The minimum atomic E-state index is -1.37. The van der Waals surface area contributed by atoms with Crippen LogP contribution in [0.2, 0.25) is 0 Å². The van der Waals surface area contributed by atoms with Crippen molar-refractivity contribution in [3.63, 3.8) is 0 Å². The molecule has 1 aliphatic heterocycles. The van der Waals surface area contributed by atoms with Gasteiger partial charge in [0.1, 0.15) is 31.2 Å². The average molecular weight is 406 g/mol. The lowest BCUT2D eigenvalue weighted by Gasteiger charge is -2.17. The summed E-state index contributed by atoms with van der Waals surface area (Å²) in [5, 5.41) is 24.1. The van der Waals surface area contributed by atoms with Crippen LogP contribution in [0.4, 0.5) is 0 Å². The molecule has 1 aromatic carbocycles. The lowest BCUT2D eigenvalue weighted by Crippen LogP contribution is -2.35. The summed E-state index contributed by atoms with van der Waals surface area (Å²) in [5.41, 5.74) is 6.00. The maximum Gasteiger partial charge on any atom is 0.335 e. The fraction of sp³-hybridized carbons (Fsp3) is 0.444. The highest BCUT2D eigenvalue weighted by atomic mass is 16.6. The van der Waals surface area contributed by atoms with Gasteiger partial charge in [-0.1, -0.05) is 30.3 Å². The largest absolute Gasteiger partial charge is 0.461 e. The van der Waals surface area contributed by atoms with Gasteiger partial charge in [0.05, 0.1) is 6.61 Å². The van der Waals surface area contributed by atoms with Gasteiger partial charge in [-0.15, -0.1) is 5.10 Å². The number of nitrogens with two attached hydrogens (primary N) is 1. The van der Waals surface area contributed by atoms with Crippen LogP contribution in [0.1, 0.15) is 29.3 Å². The van der Waals surface area contributed by atoms with Crippen LogP contribution < -0.4 is 5.73 Å². The molecule has 11 heteroatoms. The molecule has 29 heavy (non-hydrogen) atoms. The lowest BCUT2D eigenvalue weighted by atomic mass is 10.1. The summed E-state index contributed by atoms with van der Waals surface area (Å²) in [4.78, 5) is 26.9. The Morgan fingerprint density at radius 3 is 2.66 bits per heavy atom. The summed E-state index contributed by atoms with van der Waals surface area (Å²) in [6.07, 6.45) is -4.50. The molecule has 1 fully saturated rings. The third-order valence-corrected chi connectivity index (χ3v) is 4.39. The lowest BCUT2D eigenvalue weighted by molar-refractivity contribution is -0.163. The normalized spacial score (nSPS) is 24.9. The minimum absolute atomic E-state index is 0.245. The Labute approximate surface area is 166 Å². The van der Waals surface area contributed by atoms with Crippen molar-refractivity contribution in [2.24, 2.45) is 5.73 Å². The van der Waals surface area contributed by atoms with Crippen LogP contribution in [0.3, 0.4) is 0 Å². The molecule has 1 aliphatic rings. The number of benzene rings is 1. The van der Waals surface area contributed by atoms with Crippen molar-refractivity contribution in [1.29, 1.82) is 0 Å². The fourth-order valence-electron chi connectivity index (χ4n) is 2.74. The van der Waals surface area contributed by atoms with Crippen molar-refractivity contribution >= 4 is 11.9 Å². The molecule has 0 spiro atoms. The van der Waals surface area contributed by atoms with Gasteiger partial charge in [0.15, 0.2) is 12.3 Å². The van der Waals surface area contributed by atoms with Gasteiger partial charge in [0, 0.05) is 0 Å². The Morgan fingerprint density at radius 2 is 2.00 bits per heavy atom. The SMILES string of the molecule is C[C@H](OCc1ccccc1)C(=O)OCC1OC(n2cnc(C(N)=O)n2)[C@H](O)C1O. The molecule has 2 aromatic rings. The summed E-state index contributed by atoms with van der Waals surface area (Å²) < 4.78 is 17.2. The van der Waals surface area contributed by atoms with Crippen LogP contribution in [0, 0.1) is 0 Å². The number of ether oxygens (including phenoxy) is 3. The molecule has 156 valence electrons. The van der Waals surface area contributed by atoms with E-state index >= 15 is 0 Å². The van der Waals surface area contributed by atoms with E-state index in [0.29, 0.717) is 0 Å². The molecular weight excluding hydrogens is 384 g/mol. The number of aromatic nitrogens is 3. The molecule has 1 amide bonds. The number of hydrogen-bond donors (Lipinski definition) is 3. The first-order valence-corrected chi connectivity index (χ1v) is 8.91. The zero-order chi connectivity index (χ0) is 21.0. The van der Waals surface area contributed by atoms with Crippen molar-refractivity contribution < 1.29 is 34.0 Å². The van der Waals surface area contributed by atoms with Gasteiger partial charge in [-0.3, -0.25) is 4.79 Å². The molecule has 2 heterocycles. The summed E-state index contributed by atoms with van der Waals surface area (Å²) in [6, 6.07) is 9.35. The monoisotopic (exact) mass is 406 g/mol. The number of aliphatic hydroxyl groups is 2. The standard InChI is InChI=1S/C18H22N4O7/c1-10(27-7-11-5-3-2-4-6-11)18(26)28-8-12-13(23)14(24)17(29-12)22-9-20-16(21-22)15(19)25/h2-6,9-10,12-14,17,23-24H,7-8H2,1H3,(H2,19,25)/t10-,12?,13?,14+,17?/m0/s1. The van der Waals surface area contributed by atoms with Crippen LogP contribution in [0.25, 0.3) is 0 Å². The molecule has 1 aromatic heterocycles. The molecule has 4 N–H and O–H groups in total. The minimum Gasteiger partial charge on any atom is -0.461 e. The van der Waals surface area contributed by atoms with Crippen molar-refractivity contribution in [2.75, 3.05) is 6.61 Å². The van der Waals surface area contributed by atoms with Gasteiger partial charge in [-0.25, -0.2) is 14.5 Å². The smallest absolute Gasteiger partial charge is 0.335 e. The van der Waals surface area contributed by atoms with Crippen molar-refractivity contribution in [1.82, 2.24) is 14.8 Å². The zero-order valence-corrected chi connectivity index (χ0v) is 15.6. The third-order valence-electron chi connectivity index (χ3n) is 4.39. The van der Waals surface area contributed by atoms with E-state index in [1.54, 1.807) is 6.92 Å². The van der Waals surface area contributed by atoms with E-state index in [-0.39, 0.29) is 19.0 Å². The first-order valence-electron chi connectivity index (χ1n) is 8.91. The highest BCUT2D eigenvalue weighted by molar-refractivity contribution is 5.88. The molecule has 0 bridgehead atoms. The van der Waals surface area contributed by atoms with Gasteiger partial charge in [-0.05, 0) is 12.5 Å². The van der Waals surface area contributed by atoms with E-state index in [1.807, 2.05) is 30.3 Å². The number of esters is 1. The molecule has 0 saturated carbocycles. The molecule has 5 atom stereocenters. The van der Waals surface area contributed by atoms with Gasteiger partial charge >= 0.3 is 5.97 Å². The van der Waals surface area contributed by atoms with E-state index in [0.717, 1.165) is 16.6 Å². The Balaban J connectivity index is 1.50. The Morgan fingerprint density at radius 1 is 1.28 bits per heavy atom. The molecule has 0 aliphatic carbocycles. The summed E-state index contributed by atoms with van der Waals surface area (Å²) in [7, 11) is 0. The molecule has 3 unspecified atom stereocenters. The highest BCUT2D eigenvalue weighted by Gasteiger charge is 2.45. The van der Waals surface area contributed by atoms with Crippen molar-refractivity contribution in [3.8, 4) is 0 Å². The number of primary amides is 1. The summed E-state index contributed by atoms with van der Waals surface area (Å²) in [6.45, 7) is 1.49. The molecule has 3 rings (SSSR count). The van der Waals surface area contributed by atoms with Crippen molar-refractivity contribution in [3.05, 3.63) is 48.0 Å². The number of amides is 1. The van der Waals surface area contributed by atoms with E-state index in [9.17, 15) is 19.8 Å². The molecule has 0 radical (unpaired) electrons. The van der Waals surface area contributed by atoms with Crippen molar-refractivity contribution in [2.45, 2.75) is 44.2 Å². The van der Waals surface area contributed by atoms with Gasteiger partial charge in [-0.2, -0.15) is 0 Å². The van der Waals surface area contributed by atoms with Crippen LogP contribution in [0.15, 0.2) is 36.7 Å². The van der Waals surface area contributed by atoms with Gasteiger partial charge < -0.3 is 30.2 Å². The number of rotatable bonds is 8. The average Bonchev–Trinajstić information content (AvgIpc) is 3.31. The fourth-order valence-corrected chi connectivity index (χ4v) is 2.74. The van der Waals surface area contributed by atoms with Crippen LogP contribution in [-0.2, 0) is 25.6 Å². The number of carbonyl (C=O) groups excluding carboxylic acids is 2. The van der Waals surface area contributed by atoms with Crippen LogP contribution in [0.5, 0.6) is 0 Å². The maximum absolute atomic E-state index is 12.1. The Kier molecular flexibility index (Phi) is 6.54. The second-order valence-electron chi connectivity index (χ2n) is 6.53. The van der Waals surface area contributed by atoms with Crippen LogP contribution in [-0.4, -0.2) is 67.9 Å². The zero-order valence-electron chi connectivity index (χ0n) is 15.6. The summed E-state index contributed by atoms with van der Waals surface area (Å²) in [5.74, 6) is -1.73. The Bertz CT molecular complexity index is 844. The first-order chi connectivity index (χ1) is 13.9. The second kappa shape index (κ2) is 9.09. The van der Waals surface area contributed by atoms with Crippen LogP contribution >= 0.6 is 0 Å². The van der Waals surface area contributed by atoms with E-state index in [4.69, 9.17) is 19.9 Å². The number of nitrogens with zero attached hydrogens (tertiary/aromatic N) is 3. The molecule has 1 saturated heterocycles. The number of hydrogen-bond acceptors (Lipinski definition) is 9. The van der Waals surface area contributed by atoms with Gasteiger partial charge in [0.2, 0.25) is 5.82 Å². The molecule has 11 nitrogen and oxygen atoms in total. The third kappa shape index (κ3) is 4.95. The summed E-state index contributed by atoms with van der Waals surface area (Å²) >= 11 is 0. The van der Waals surface area contributed by atoms with E-state index in [2.05, 4.69) is 10.1 Å². The maximum atomic E-state index is 12.1. The predicted molar refractivity (Wildman–Crippen MR) is 96.1 cm³/mol. The number of aliphatic hydroxyl groups excluding tert-OH is 2. The molecular formula is C18H22N4O7. The quantitative estimate of drug-likeness (QED) is 0.474. The Hall–Kier alpha value is -2.86. The highest BCUT2D eigenvalue weighted by Crippen LogP contribution is 2.29. The van der Waals surface area contributed by atoms with E-state index < -0.39 is 42.5 Å².